The van der Waals surface area contributed by atoms with Crippen LogP contribution in [0.3, 0.4) is 0 Å². The number of nitrogens with zero attached hydrogens (tertiary/aromatic N) is 1. The molecule has 29 heavy (non-hydrogen) atoms. The van der Waals surface area contributed by atoms with Crippen molar-refractivity contribution in [2.45, 2.75) is 12.5 Å². The predicted molar refractivity (Wildman–Crippen MR) is 109 cm³/mol. The molecule has 0 radical (unpaired) electrons. The number of aliphatic hydroxyl groups is 1. The molecule has 8 heteroatoms. The van der Waals surface area contributed by atoms with Crippen LogP contribution >= 0.6 is 11.3 Å². The van der Waals surface area contributed by atoms with Gasteiger partial charge in [-0.1, -0.05) is 6.07 Å². The van der Waals surface area contributed by atoms with Gasteiger partial charge in [-0.3, -0.25) is 9.59 Å². The van der Waals surface area contributed by atoms with Gasteiger partial charge in [-0.05, 0) is 30.0 Å². The van der Waals surface area contributed by atoms with Crippen LogP contribution in [0.15, 0.2) is 41.3 Å². The largest absolute Gasteiger partial charge is 0.507 e. The van der Waals surface area contributed by atoms with E-state index in [-0.39, 0.29) is 11.3 Å². The molecule has 1 aliphatic rings. The number of amides is 1. The lowest BCUT2D eigenvalue weighted by atomic mass is 9.99. The number of Topliss-reactive ketones (excluding diaryl/α,β-unsaturated/α-hetero) is 1. The quantitative estimate of drug-likeness (QED) is 0.307. The summed E-state index contributed by atoms with van der Waals surface area (Å²) in [5, 5.41) is 13.0. The van der Waals surface area contributed by atoms with Gasteiger partial charge in [0.1, 0.15) is 17.3 Å². The van der Waals surface area contributed by atoms with Crippen molar-refractivity contribution in [1.82, 2.24) is 4.90 Å². The maximum atomic E-state index is 12.9. The summed E-state index contributed by atoms with van der Waals surface area (Å²) < 4.78 is 15.6. The molecule has 2 aromatic rings. The number of hydrogen-bond donors (Lipinski definition) is 1. The number of methoxy groups -OCH3 is 3. The topological polar surface area (TPSA) is 85.3 Å². The fourth-order valence-electron chi connectivity index (χ4n) is 3.37. The molecular formula is C21H23NO6S. The molecule has 2 heterocycles. The Balaban J connectivity index is 2.12. The average molecular weight is 417 g/mol. The highest BCUT2D eigenvalue weighted by Crippen LogP contribution is 2.42. The van der Waals surface area contributed by atoms with Crippen LogP contribution in [0.4, 0.5) is 0 Å². The van der Waals surface area contributed by atoms with Crippen molar-refractivity contribution in [3.63, 3.8) is 0 Å². The lowest BCUT2D eigenvalue weighted by Crippen LogP contribution is -2.31. The summed E-state index contributed by atoms with van der Waals surface area (Å²) in [6.45, 7) is 0.809. The van der Waals surface area contributed by atoms with Crippen molar-refractivity contribution >= 4 is 28.8 Å². The number of benzene rings is 1. The van der Waals surface area contributed by atoms with Crippen LogP contribution < -0.4 is 9.47 Å². The third kappa shape index (κ3) is 3.99. The van der Waals surface area contributed by atoms with Gasteiger partial charge in [0.2, 0.25) is 0 Å². The molecule has 1 aromatic carbocycles. The minimum atomic E-state index is -0.712. The molecule has 3 rings (SSSR count). The monoisotopic (exact) mass is 417 g/mol. The van der Waals surface area contributed by atoms with E-state index in [1.807, 2.05) is 17.5 Å². The van der Waals surface area contributed by atoms with Crippen LogP contribution in [-0.2, 0) is 14.3 Å². The number of likely N-dealkylation sites (tertiary alicyclic amines) is 1. The van der Waals surface area contributed by atoms with E-state index < -0.39 is 17.7 Å². The average Bonchev–Trinajstić information content (AvgIpc) is 3.35. The summed E-state index contributed by atoms with van der Waals surface area (Å²) in [6, 6.07) is 7.93. The highest BCUT2D eigenvalue weighted by Gasteiger charge is 2.46. The number of ketones is 1. The van der Waals surface area contributed by atoms with E-state index in [1.165, 1.54) is 30.5 Å². The molecule has 154 valence electrons. The van der Waals surface area contributed by atoms with Crippen molar-refractivity contribution in [1.29, 1.82) is 0 Å². The number of carbonyl (C=O) groups is 2. The second-order valence-electron chi connectivity index (χ2n) is 6.42. The van der Waals surface area contributed by atoms with E-state index >= 15 is 0 Å². The fraction of sp³-hybridized carbons (Fsp3) is 0.333. The minimum absolute atomic E-state index is 0.0540. The number of thiophene rings is 1. The van der Waals surface area contributed by atoms with E-state index in [1.54, 1.807) is 25.3 Å². The zero-order valence-electron chi connectivity index (χ0n) is 16.5. The second-order valence-corrected chi connectivity index (χ2v) is 7.40. The van der Waals surface area contributed by atoms with Gasteiger partial charge >= 0.3 is 0 Å². The Bertz CT molecular complexity index is 921. The molecular weight excluding hydrogens is 394 g/mol. The molecule has 1 atom stereocenters. The first-order valence-corrected chi connectivity index (χ1v) is 9.94. The number of ether oxygens (including phenoxy) is 3. The van der Waals surface area contributed by atoms with Gasteiger partial charge in [-0.15, -0.1) is 11.3 Å². The predicted octanol–water partition coefficient (Wildman–Crippen LogP) is 3.22. The Morgan fingerprint density at radius 1 is 1.17 bits per heavy atom. The van der Waals surface area contributed by atoms with Gasteiger partial charge in [0, 0.05) is 31.2 Å². The Morgan fingerprint density at radius 2 is 1.97 bits per heavy atom. The summed E-state index contributed by atoms with van der Waals surface area (Å²) >= 11 is 1.43. The number of carbonyl (C=O) groups excluding carboxylic acids is 2. The van der Waals surface area contributed by atoms with Gasteiger partial charge < -0.3 is 24.2 Å². The molecule has 0 bridgehead atoms. The molecule has 1 aromatic heterocycles. The Kier molecular flexibility index (Phi) is 6.56. The first kappa shape index (κ1) is 20.9. The van der Waals surface area contributed by atoms with Crippen LogP contribution in [0, 0.1) is 0 Å². The molecule has 0 spiro atoms. The van der Waals surface area contributed by atoms with E-state index in [9.17, 15) is 14.7 Å². The summed E-state index contributed by atoms with van der Waals surface area (Å²) in [5.74, 6) is -0.717. The first-order valence-electron chi connectivity index (χ1n) is 9.06. The zero-order valence-corrected chi connectivity index (χ0v) is 17.3. The third-order valence-corrected chi connectivity index (χ3v) is 5.69. The smallest absolute Gasteiger partial charge is 0.295 e. The molecule has 0 aliphatic carbocycles. The third-order valence-electron chi connectivity index (χ3n) is 4.76. The van der Waals surface area contributed by atoms with Gasteiger partial charge in [0.05, 0.1) is 31.4 Å². The molecule has 1 fully saturated rings. The summed E-state index contributed by atoms with van der Waals surface area (Å²) in [4.78, 5) is 27.9. The van der Waals surface area contributed by atoms with Crippen LogP contribution in [0.5, 0.6) is 11.5 Å². The first-order chi connectivity index (χ1) is 14.0. The van der Waals surface area contributed by atoms with E-state index in [0.29, 0.717) is 36.6 Å². The van der Waals surface area contributed by atoms with Gasteiger partial charge in [0.15, 0.2) is 0 Å². The number of hydrogen-bond acceptors (Lipinski definition) is 7. The summed E-state index contributed by atoms with van der Waals surface area (Å²) in [5.41, 5.74) is 0.378. The van der Waals surface area contributed by atoms with Crippen LogP contribution in [-0.4, -0.2) is 56.2 Å². The van der Waals surface area contributed by atoms with Crippen molar-refractivity contribution < 1.29 is 28.9 Å². The van der Waals surface area contributed by atoms with Crippen LogP contribution in [0.2, 0.25) is 0 Å². The SMILES string of the molecule is COCCCN1C(=O)C(=O)/C(=C(\O)c2ccc(OC)cc2OC)C1c1cccs1. The normalized spacial score (nSPS) is 18.3. The lowest BCUT2D eigenvalue weighted by molar-refractivity contribution is -0.140. The summed E-state index contributed by atoms with van der Waals surface area (Å²) in [6.07, 6.45) is 0.581. The second kappa shape index (κ2) is 9.11. The van der Waals surface area contributed by atoms with E-state index in [2.05, 4.69) is 0 Å². The molecule has 0 saturated carbocycles. The van der Waals surface area contributed by atoms with Crippen molar-refractivity contribution in [2.24, 2.45) is 0 Å². The molecule has 1 amide bonds. The van der Waals surface area contributed by atoms with Crippen LogP contribution in [0.25, 0.3) is 5.76 Å². The lowest BCUT2D eigenvalue weighted by Gasteiger charge is -2.24. The molecule has 1 aliphatic heterocycles. The van der Waals surface area contributed by atoms with Crippen molar-refractivity contribution in [2.75, 3.05) is 34.5 Å². The standard InChI is InChI=1S/C21H23NO6S/c1-26-10-5-9-22-18(16-6-4-11-29-16)17(20(24)21(22)25)19(23)14-8-7-13(27-2)12-15(14)28-3/h4,6-8,11-12,18,23H,5,9-10H2,1-3H3/b19-17-. The number of rotatable bonds is 8. The molecule has 7 nitrogen and oxygen atoms in total. The van der Waals surface area contributed by atoms with Crippen molar-refractivity contribution in [3.8, 4) is 11.5 Å². The van der Waals surface area contributed by atoms with Gasteiger partial charge in [-0.25, -0.2) is 0 Å². The Hall–Kier alpha value is -2.84. The Labute approximate surface area is 173 Å². The molecule has 1 unspecified atom stereocenters. The minimum Gasteiger partial charge on any atom is -0.507 e. The van der Waals surface area contributed by atoms with Gasteiger partial charge in [0.25, 0.3) is 11.7 Å². The van der Waals surface area contributed by atoms with E-state index in [4.69, 9.17) is 14.2 Å². The maximum Gasteiger partial charge on any atom is 0.295 e. The highest BCUT2D eigenvalue weighted by atomic mass is 32.1. The van der Waals surface area contributed by atoms with Crippen molar-refractivity contribution in [3.05, 3.63) is 51.7 Å². The summed E-state index contributed by atoms with van der Waals surface area (Å²) in [7, 11) is 4.57. The number of aliphatic hydroxyl groups excluding tert-OH is 1. The maximum absolute atomic E-state index is 12.9. The van der Waals surface area contributed by atoms with Crippen LogP contribution in [0.1, 0.15) is 22.9 Å². The van der Waals surface area contributed by atoms with E-state index in [0.717, 1.165) is 4.88 Å². The van der Waals surface area contributed by atoms with Gasteiger partial charge in [-0.2, -0.15) is 0 Å². The zero-order chi connectivity index (χ0) is 21.0. The molecule has 1 N–H and O–H groups in total. The highest BCUT2D eigenvalue weighted by molar-refractivity contribution is 7.10. The fourth-order valence-corrected chi connectivity index (χ4v) is 4.22. The molecule has 1 saturated heterocycles. The Morgan fingerprint density at radius 3 is 2.59 bits per heavy atom.